The van der Waals surface area contributed by atoms with E-state index in [0.717, 1.165) is 36.4 Å². The van der Waals surface area contributed by atoms with Crippen molar-refractivity contribution in [3.8, 4) is 11.8 Å². The maximum absolute atomic E-state index is 12.3. The Kier molecular flexibility index (Phi) is 15.4. The van der Waals surface area contributed by atoms with Crippen LogP contribution in [0.1, 0.15) is 13.8 Å². The molecule has 24 heteroatoms. The van der Waals surface area contributed by atoms with Gasteiger partial charge >= 0.3 is 94.7 Å². The SMILES string of the molecule is CC(C)Oc1nc(Cl)nc(N(C)c2ccc3c(O)c(N=Nc4ccc5c(S(=O)(=O)[O-])cccc5c4S(=O)(=O)[O-])c(S(=O)(=O)[O-])cc3c2)n1.[Na+].[Na+].[Na+]. The summed E-state index contributed by atoms with van der Waals surface area (Å²) >= 11 is 6.02. The minimum absolute atomic E-state index is 0. The van der Waals surface area contributed by atoms with Crippen molar-refractivity contribution < 1.29 is 137 Å². The van der Waals surface area contributed by atoms with E-state index in [1.54, 1.807) is 20.9 Å². The van der Waals surface area contributed by atoms with Crippen molar-refractivity contribution in [3.05, 3.63) is 59.9 Å². The summed E-state index contributed by atoms with van der Waals surface area (Å²) in [5, 5.41) is 17.3. The molecule has 0 spiro atoms. The molecule has 4 aromatic carbocycles. The third-order valence-corrected chi connectivity index (χ3v) is 9.48. The van der Waals surface area contributed by atoms with Crippen LogP contribution < -0.4 is 98.3 Å². The number of anilines is 2. The van der Waals surface area contributed by atoms with Crippen LogP contribution in [0, 0.1) is 0 Å². The number of hydrogen-bond acceptors (Lipinski definition) is 17. The number of halogens is 1. The van der Waals surface area contributed by atoms with Gasteiger partial charge in [-0.25, -0.2) is 25.3 Å². The maximum Gasteiger partial charge on any atom is 1.00 e. The Morgan fingerprint density at radius 2 is 1.41 bits per heavy atom. The zero-order valence-corrected chi connectivity index (χ0v) is 36.8. The summed E-state index contributed by atoms with van der Waals surface area (Å²) in [7, 11) is -14.4. The predicted molar refractivity (Wildman–Crippen MR) is 166 cm³/mol. The largest absolute Gasteiger partial charge is 1.00 e. The number of benzene rings is 4. The van der Waals surface area contributed by atoms with Crippen molar-refractivity contribution in [1.29, 1.82) is 0 Å². The number of rotatable bonds is 9. The Morgan fingerprint density at radius 1 is 0.784 bits per heavy atom. The molecule has 17 nitrogen and oxygen atoms in total. The molecule has 0 aliphatic rings. The molecular formula is C27H20ClN6Na3O11S3. The van der Waals surface area contributed by atoms with Crippen molar-refractivity contribution in [2.24, 2.45) is 10.2 Å². The quantitative estimate of drug-likeness (QED) is 0.0833. The van der Waals surface area contributed by atoms with Gasteiger partial charge in [-0.2, -0.15) is 15.0 Å². The van der Waals surface area contributed by atoms with Gasteiger partial charge in [-0.15, -0.1) is 10.2 Å². The van der Waals surface area contributed by atoms with E-state index in [9.17, 15) is 44.0 Å². The zero-order chi connectivity index (χ0) is 35.3. The Hall–Kier alpha value is -1.57. The zero-order valence-electron chi connectivity index (χ0n) is 27.6. The molecule has 1 heterocycles. The molecule has 252 valence electrons. The molecule has 5 rings (SSSR count). The summed E-state index contributed by atoms with van der Waals surface area (Å²) in [5.41, 5.74) is -1.26. The minimum Gasteiger partial charge on any atom is -0.744 e. The van der Waals surface area contributed by atoms with Gasteiger partial charge in [0, 0.05) is 28.9 Å². The van der Waals surface area contributed by atoms with E-state index in [1.807, 2.05) is 0 Å². The van der Waals surface area contributed by atoms with Gasteiger partial charge in [0.25, 0.3) is 0 Å². The number of ether oxygens (including phenoxy) is 1. The summed E-state index contributed by atoms with van der Waals surface area (Å²) in [6.45, 7) is 3.50. The first-order valence-corrected chi connectivity index (χ1v) is 17.8. The van der Waals surface area contributed by atoms with Crippen LogP contribution in [0.5, 0.6) is 11.8 Å². The first kappa shape index (κ1) is 45.6. The fraction of sp³-hybridized carbons (Fsp3) is 0.148. The van der Waals surface area contributed by atoms with Gasteiger partial charge in [0.1, 0.15) is 41.7 Å². The summed E-state index contributed by atoms with van der Waals surface area (Å²) in [6.07, 6.45) is -0.280. The maximum atomic E-state index is 12.3. The van der Waals surface area contributed by atoms with Gasteiger partial charge in [0.2, 0.25) is 11.2 Å². The molecule has 0 saturated carbocycles. The van der Waals surface area contributed by atoms with Crippen molar-refractivity contribution in [3.63, 3.8) is 0 Å². The van der Waals surface area contributed by atoms with Crippen LogP contribution in [0.4, 0.5) is 23.0 Å². The molecule has 0 atom stereocenters. The fourth-order valence-electron chi connectivity index (χ4n) is 4.64. The van der Waals surface area contributed by atoms with Crippen molar-refractivity contribution in [2.45, 2.75) is 34.6 Å². The van der Waals surface area contributed by atoms with Gasteiger partial charge in [-0.05, 0) is 67.2 Å². The predicted octanol–water partition coefficient (Wildman–Crippen LogP) is -4.77. The molecule has 0 fully saturated rings. The van der Waals surface area contributed by atoms with E-state index in [-0.39, 0.29) is 123 Å². The average molecular weight is 805 g/mol. The number of aromatic nitrogens is 3. The average Bonchev–Trinajstić information content (AvgIpc) is 2.97. The van der Waals surface area contributed by atoms with Crippen molar-refractivity contribution >= 4 is 86.5 Å². The molecule has 0 amide bonds. The topological polar surface area (TPSA) is 268 Å². The van der Waals surface area contributed by atoms with Crippen LogP contribution in [0.2, 0.25) is 5.28 Å². The molecule has 0 aliphatic heterocycles. The third-order valence-electron chi connectivity index (χ3n) is 6.64. The second-order valence-corrected chi connectivity index (χ2v) is 14.6. The number of aromatic hydroxyl groups is 1. The molecule has 0 unspecified atom stereocenters. The van der Waals surface area contributed by atoms with E-state index in [4.69, 9.17) is 16.3 Å². The number of hydrogen-bond donors (Lipinski definition) is 1. The van der Waals surface area contributed by atoms with Gasteiger partial charge < -0.3 is 28.4 Å². The first-order chi connectivity index (χ1) is 22.3. The number of nitrogens with zero attached hydrogens (tertiary/aromatic N) is 6. The Labute approximate surface area is 363 Å². The number of azo groups is 1. The van der Waals surface area contributed by atoms with Gasteiger partial charge in [0.15, 0.2) is 5.75 Å². The van der Waals surface area contributed by atoms with Crippen LogP contribution >= 0.6 is 11.6 Å². The first-order valence-electron chi connectivity index (χ1n) is 13.2. The third kappa shape index (κ3) is 10.1. The molecular weight excluding hydrogens is 785 g/mol. The van der Waals surface area contributed by atoms with Gasteiger partial charge in [-0.1, -0.05) is 18.2 Å². The van der Waals surface area contributed by atoms with Crippen molar-refractivity contribution in [1.82, 2.24) is 15.0 Å². The molecule has 0 radical (unpaired) electrons. The monoisotopic (exact) mass is 804 g/mol. The number of fused-ring (bicyclic) bond motifs is 2. The molecule has 0 saturated heterocycles. The van der Waals surface area contributed by atoms with Crippen LogP contribution in [-0.2, 0) is 30.4 Å². The Morgan fingerprint density at radius 3 is 2.00 bits per heavy atom. The molecule has 1 aromatic heterocycles. The van der Waals surface area contributed by atoms with E-state index < -0.39 is 72.9 Å². The molecule has 1 N–H and O–H groups in total. The van der Waals surface area contributed by atoms with E-state index >= 15 is 0 Å². The van der Waals surface area contributed by atoms with Gasteiger partial charge in [-0.3, -0.25) is 0 Å². The van der Waals surface area contributed by atoms with E-state index in [0.29, 0.717) is 5.69 Å². The van der Waals surface area contributed by atoms with Crippen molar-refractivity contribution in [2.75, 3.05) is 11.9 Å². The molecule has 5 aromatic rings. The summed E-state index contributed by atoms with van der Waals surface area (Å²) in [6, 6.07) is 9.87. The standard InChI is InChI=1S/C27H23ClN6O11S3.3Na/c1-13(2)45-27-30-25(28)29-26(31-27)34(3)15-7-8-16-14(11-15)12-21(47(39,40)41)22(23(16)35)33-32-19-10-9-17-18(24(19)48(42,43)44)5-4-6-20(17)46(36,37)38;;;/h4-13,35H,1-3H3,(H,36,37,38)(H,39,40,41)(H,42,43,44);;;/q;3*+1/p-3. The van der Waals surface area contributed by atoms with Crippen LogP contribution in [0.3, 0.4) is 0 Å². The normalized spacial score (nSPS) is 12.0. The number of phenolic OH excluding ortho intramolecular Hbond substituents is 1. The summed E-state index contributed by atoms with van der Waals surface area (Å²) in [4.78, 5) is 10.6. The van der Waals surface area contributed by atoms with Crippen LogP contribution in [0.15, 0.2) is 79.5 Å². The molecule has 0 bridgehead atoms. The summed E-state index contributed by atoms with van der Waals surface area (Å²) < 4.78 is 114. The second-order valence-electron chi connectivity index (χ2n) is 10.2. The Bertz CT molecular complexity index is 2510. The molecule has 51 heavy (non-hydrogen) atoms. The Balaban J connectivity index is 0.00000300. The second kappa shape index (κ2) is 17.3. The fourth-order valence-corrected chi connectivity index (χ4v) is 6.94. The van der Waals surface area contributed by atoms with E-state index in [2.05, 4.69) is 25.2 Å². The number of phenols is 1. The molecule has 0 aliphatic carbocycles. The smallest absolute Gasteiger partial charge is 0.744 e. The van der Waals surface area contributed by atoms with E-state index in [1.165, 1.54) is 23.1 Å². The minimum atomic E-state index is -5.44. The summed E-state index contributed by atoms with van der Waals surface area (Å²) in [5.74, 6) is -0.807. The van der Waals surface area contributed by atoms with Gasteiger partial charge in [0.05, 0.1) is 20.8 Å². The van der Waals surface area contributed by atoms with Crippen LogP contribution in [0.25, 0.3) is 21.5 Å². The van der Waals surface area contributed by atoms with Crippen LogP contribution in [-0.4, -0.2) is 72.1 Å².